The number of hydrogen-bond acceptors (Lipinski definition) is 2. The zero-order valence-corrected chi connectivity index (χ0v) is 11.9. The topological polar surface area (TPSA) is 31.2 Å². The molecule has 1 aromatic carbocycles. The fourth-order valence-corrected chi connectivity index (χ4v) is 1.96. The third-order valence-corrected chi connectivity index (χ3v) is 3.13. The van der Waals surface area contributed by atoms with E-state index in [1.807, 2.05) is 43.3 Å². The molecule has 3 nitrogen and oxygen atoms in total. The number of nitrogens with zero attached hydrogens (tertiary/aromatic N) is 1. The van der Waals surface area contributed by atoms with Gasteiger partial charge in [0.2, 0.25) is 0 Å². The van der Waals surface area contributed by atoms with E-state index in [-0.39, 0.29) is 5.56 Å². The summed E-state index contributed by atoms with van der Waals surface area (Å²) >= 11 is 0. The molecule has 1 aromatic heterocycles. The van der Waals surface area contributed by atoms with Crippen molar-refractivity contribution >= 4 is 0 Å². The summed E-state index contributed by atoms with van der Waals surface area (Å²) in [6.07, 6.45) is 0. The van der Waals surface area contributed by atoms with Gasteiger partial charge in [-0.15, -0.1) is 5.92 Å². The zero-order chi connectivity index (χ0) is 14.5. The molecule has 0 spiro atoms. The summed E-state index contributed by atoms with van der Waals surface area (Å²) in [6, 6.07) is 11.5. The number of aryl methyl sites for hydroxylation is 1. The average Bonchev–Trinajstić information content (AvgIpc) is 2.46. The lowest BCUT2D eigenvalue weighted by molar-refractivity contribution is 0.370. The van der Waals surface area contributed by atoms with Crippen molar-refractivity contribution in [3.8, 4) is 28.8 Å². The molecule has 0 saturated heterocycles. The molecule has 0 fully saturated rings. The molecule has 0 atom stereocenters. The molecule has 0 aliphatic carbocycles. The Labute approximate surface area is 118 Å². The van der Waals surface area contributed by atoms with Crippen LogP contribution in [-0.4, -0.2) is 11.2 Å². The van der Waals surface area contributed by atoms with E-state index in [0.717, 1.165) is 22.6 Å². The van der Waals surface area contributed by atoms with Gasteiger partial charge in [0.05, 0.1) is 5.69 Å². The van der Waals surface area contributed by atoms with E-state index in [2.05, 4.69) is 11.8 Å². The summed E-state index contributed by atoms with van der Waals surface area (Å²) in [4.78, 5) is 11.9. The van der Waals surface area contributed by atoms with Gasteiger partial charge < -0.3 is 9.30 Å². The van der Waals surface area contributed by atoms with Gasteiger partial charge in [-0.05, 0) is 49.7 Å². The molecule has 2 aromatic rings. The van der Waals surface area contributed by atoms with Gasteiger partial charge >= 0.3 is 0 Å². The third-order valence-electron chi connectivity index (χ3n) is 3.13. The van der Waals surface area contributed by atoms with Crippen LogP contribution in [0.15, 0.2) is 41.2 Å². The Balaban J connectivity index is 2.28. The smallest absolute Gasteiger partial charge is 0.253 e. The highest BCUT2D eigenvalue weighted by atomic mass is 16.5. The number of rotatable bonds is 3. The lowest BCUT2D eigenvalue weighted by atomic mass is 10.1. The van der Waals surface area contributed by atoms with E-state index >= 15 is 0 Å². The van der Waals surface area contributed by atoms with Crippen LogP contribution in [0.25, 0.3) is 11.3 Å². The molecule has 0 unspecified atom stereocenters. The fraction of sp³-hybridized carbons (Fsp3) is 0.235. The molecule has 0 aliphatic rings. The largest absolute Gasteiger partial charge is 0.481 e. The Hall–Kier alpha value is -2.47. The lowest BCUT2D eigenvalue weighted by Crippen LogP contribution is -2.20. The molecule has 0 radical (unpaired) electrons. The predicted molar refractivity (Wildman–Crippen MR) is 80.8 cm³/mol. The first-order valence-corrected chi connectivity index (χ1v) is 6.43. The number of ether oxygens (including phenoxy) is 1. The summed E-state index contributed by atoms with van der Waals surface area (Å²) in [5, 5.41) is 0. The highest BCUT2D eigenvalue weighted by Gasteiger charge is 2.05. The van der Waals surface area contributed by atoms with Crippen molar-refractivity contribution in [3.63, 3.8) is 0 Å². The van der Waals surface area contributed by atoms with Crippen LogP contribution in [0.5, 0.6) is 5.75 Å². The first-order valence-electron chi connectivity index (χ1n) is 6.43. The highest BCUT2D eigenvalue weighted by Crippen LogP contribution is 2.21. The first kappa shape index (κ1) is 14.0. The van der Waals surface area contributed by atoms with Crippen molar-refractivity contribution in [2.75, 3.05) is 6.61 Å². The molecular weight excluding hydrogens is 250 g/mol. The summed E-state index contributed by atoms with van der Waals surface area (Å²) in [7, 11) is 1.78. The molecule has 0 N–H and O–H groups in total. The Kier molecular flexibility index (Phi) is 4.27. The normalized spacial score (nSPS) is 9.75. The van der Waals surface area contributed by atoms with Gasteiger partial charge in [-0.3, -0.25) is 4.79 Å². The molecule has 20 heavy (non-hydrogen) atoms. The van der Waals surface area contributed by atoms with Crippen LogP contribution in [-0.2, 0) is 7.05 Å². The highest BCUT2D eigenvalue weighted by molar-refractivity contribution is 5.60. The molecule has 0 saturated carbocycles. The second-order valence-corrected chi connectivity index (χ2v) is 4.51. The van der Waals surface area contributed by atoms with E-state index in [9.17, 15) is 4.79 Å². The van der Waals surface area contributed by atoms with Gasteiger partial charge in [0.25, 0.3) is 5.56 Å². The fourth-order valence-electron chi connectivity index (χ4n) is 1.96. The predicted octanol–water partition coefficient (Wildman–Crippen LogP) is 2.76. The maximum absolute atomic E-state index is 11.9. The number of hydrogen-bond donors (Lipinski definition) is 0. The van der Waals surface area contributed by atoms with Crippen LogP contribution < -0.4 is 10.3 Å². The molecule has 0 bridgehead atoms. The van der Waals surface area contributed by atoms with E-state index in [1.54, 1.807) is 18.5 Å². The maximum atomic E-state index is 11.9. The van der Waals surface area contributed by atoms with Crippen molar-refractivity contribution in [2.24, 2.45) is 7.05 Å². The monoisotopic (exact) mass is 267 g/mol. The molecule has 0 aliphatic heterocycles. The van der Waals surface area contributed by atoms with E-state index in [1.165, 1.54) is 0 Å². The molecule has 102 valence electrons. The average molecular weight is 267 g/mol. The summed E-state index contributed by atoms with van der Waals surface area (Å²) < 4.78 is 7.13. The standard InChI is InChI=1S/C17H17NO2/c1-4-5-12-20-15-9-7-14(8-10-15)16-11-6-13(2)17(19)18(16)3/h6-11H,12H2,1-3H3. The summed E-state index contributed by atoms with van der Waals surface area (Å²) in [5.74, 6) is 6.40. The minimum absolute atomic E-state index is 0.0287. The second-order valence-electron chi connectivity index (χ2n) is 4.51. The SMILES string of the molecule is CC#CCOc1ccc(-c2ccc(C)c(=O)n2C)cc1. The lowest BCUT2D eigenvalue weighted by Gasteiger charge is -2.10. The molecular formula is C17H17NO2. The first-order chi connectivity index (χ1) is 9.63. The number of pyridine rings is 1. The molecule has 2 rings (SSSR count). The van der Waals surface area contributed by atoms with Crippen molar-refractivity contribution in [3.05, 3.63) is 52.3 Å². The van der Waals surface area contributed by atoms with Gasteiger partial charge in [0, 0.05) is 12.6 Å². The van der Waals surface area contributed by atoms with E-state index in [4.69, 9.17) is 4.74 Å². The quantitative estimate of drug-likeness (QED) is 0.801. The van der Waals surface area contributed by atoms with Crippen molar-refractivity contribution < 1.29 is 4.74 Å². The number of aromatic nitrogens is 1. The third kappa shape index (κ3) is 2.92. The van der Waals surface area contributed by atoms with Crippen LogP contribution >= 0.6 is 0 Å². The van der Waals surface area contributed by atoms with Gasteiger partial charge in [0.15, 0.2) is 0 Å². The Morgan fingerprint density at radius 2 is 1.85 bits per heavy atom. The van der Waals surface area contributed by atoms with E-state index < -0.39 is 0 Å². The summed E-state index contributed by atoms with van der Waals surface area (Å²) in [6.45, 7) is 3.99. The van der Waals surface area contributed by atoms with Gasteiger partial charge in [-0.25, -0.2) is 0 Å². The van der Waals surface area contributed by atoms with Crippen LogP contribution in [0.2, 0.25) is 0 Å². The van der Waals surface area contributed by atoms with Crippen molar-refractivity contribution in [1.82, 2.24) is 4.57 Å². The maximum Gasteiger partial charge on any atom is 0.253 e. The van der Waals surface area contributed by atoms with Gasteiger partial charge in [0.1, 0.15) is 12.4 Å². The van der Waals surface area contributed by atoms with Crippen LogP contribution in [0, 0.1) is 18.8 Å². The Morgan fingerprint density at radius 1 is 1.15 bits per heavy atom. The summed E-state index contributed by atoms with van der Waals surface area (Å²) in [5.41, 5.74) is 2.65. The number of benzene rings is 1. The zero-order valence-electron chi connectivity index (χ0n) is 11.9. The minimum Gasteiger partial charge on any atom is -0.481 e. The van der Waals surface area contributed by atoms with Crippen molar-refractivity contribution in [2.45, 2.75) is 13.8 Å². The molecule has 1 heterocycles. The van der Waals surface area contributed by atoms with Gasteiger partial charge in [-0.2, -0.15) is 0 Å². The molecule has 3 heteroatoms. The van der Waals surface area contributed by atoms with Crippen LogP contribution in [0.1, 0.15) is 12.5 Å². The minimum atomic E-state index is 0.0287. The van der Waals surface area contributed by atoms with E-state index in [0.29, 0.717) is 6.61 Å². The van der Waals surface area contributed by atoms with Crippen LogP contribution in [0.4, 0.5) is 0 Å². The van der Waals surface area contributed by atoms with Gasteiger partial charge in [-0.1, -0.05) is 12.0 Å². The molecule has 0 amide bonds. The Bertz CT molecular complexity index is 715. The Morgan fingerprint density at radius 3 is 2.50 bits per heavy atom. The van der Waals surface area contributed by atoms with Crippen molar-refractivity contribution in [1.29, 1.82) is 0 Å². The second kappa shape index (κ2) is 6.12. The van der Waals surface area contributed by atoms with Crippen LogP contribution in [0.3, 0.4) is 0 Å².